The summed E-state index contributed by atoms with van der Waals surface area (Å²) in [5.74, 6) is -0.0155. The number of hydrogen-bond donors (Lipinski definition) is 1. The van der Waals surface area contributed by atoms with E-state index in [1.165, 1.54) is 19.3 Å². The largest absolute Gasteiger partial charge is 0.349 e. The summed E-state index contributed by atoms with van der Waals surface area (Å²) in [6.45, 7) is 4.47. The first kappa shape index (κ1) is 15.1. The lowest BCUT2D eigenvalue weighted by molar-refractivity contribution is 0.0853. The topological polar surface area (TPSA) is 29.1 Å². The zero-order chi connectivity index (χ0) is 14.0. The van der Waals surface area contributed by atoms with Crippen molar-refractivity contribution >= 4 is 40.1 Å². The lowest BCUT2D eigenvalue weighted by atomic mass is 9.73. The van der Waals surface area contributed by atoms with Gasteiger partial charge in [-0.3, -0.25) is 4.79 Å². The molecule has 1 aliphatic rings. The maximum Gasteiger partial charge on any atom is 0.251 e. The summed E-state index contributed by atoms with van der Waals surface area (Å²) in [5, 5.41) is 3.81. The molecule has 104 valence electrons. The van der Waals surface area contributed by atoms with E-state index in [2.05, 4.69) is 41.8 Å². The van der Waals surface area contributed by atoms with Crippen molar-refractivity contribution in [3.63, 3.8) is 0 Å². The summed E-state index contributed by atoms with van der Waals surface area (Å²) in [5.41, 5.74) is 0.827. The minimum Gasteiger partial charge on any atom is -0.349 e. The highest BCUT2D eigenvalue weighted by atomic mass is 127. The second-order valence-corrected chi connectivity index (χ2v) is 7.46. The molecular formula is C15H19ClINO. The molecule has 1 N–H and O–H groups in total. The second kappa shape index (κ2) is 6.00. The van der Waals surface area contributed by atoms with E-state index in [0.717, 1.165) is 9.99 Å². The van der Waals surface area contributed by atoms with Crippen LogP contribution < -0.4 is 5.32 Å². The number of amides is 1. The van der Waals surface area contributed by atoms with Crippen molar-refractivity contribution in [2.24, 2.45) is 5.41 Å². The highest BCUT2D eigenvalue weighted by Crippen LogP contribution is 2.35. The summed E-state index contributed by atoms with van der Waals surface area (Å²) in [4.78, 5) is 12.3. The molecule has 4 heteroatoms. The Labute approximate surface area is 133 Å². The van der Waals surface area contributed by atoms with Crippen molar-refractivity contribution in [1.82, 2.24) is 5.32 Å². The second-order valence-electron chi connectivity index (χ2n) is 5.89. The Kier molecular flexibility index (Phi) is 4.77. The molecule has 19 heavy (non-hydrogen) atoms. The average molecular weight is 392 g/mol. The maximum absolute atomic E-state index is 12.3. The molecule has 1 amide bonds. The van der Waals surface area contributed by atoms with Gasteiger partial charge in [-0.1, -0.05) is 38.3 Å². The van der Waals surface area contributed by atoms with Gasteiger partial charge in [0, 0.05) is 15.2 Å². The molecule has 0 saturated heterocycles. The number of rotatable bonds is 2. The van der Waals surface area contributed by atoms with Gasteiger partial charge in [-0.15, -0.1) is 0 Å². The highest BCUT2D eigenvalue weighted by molar-refractivity contribution is 14.1. The molecular weight excluding hydrogens is 373 g/mol. The SMILES string of the molecule is CC1(C)CCCCC1NC(=O)c1ccc(I)c(Cl)c1. The lowest BCUT2D eigenvalue weighted by Crippen LogP contribution is -2.46. The molecule has 1 aliphatic carbocycles. The molecule has 0 spiro atoms. The molecule has 2 nitrogen and oxygen atoms in total. The van der Waals surface area contributed by atoms with Crippen molar-refractivity contribution in [3.05, 3.63) is 32.4 Å². The zero-order valence-electron chi connectivity index (χ0n) is 11.3. The fourth-order valence-electron chi connectivity index (χ4n) is 2.64. The predicted octanol–water partition coefficient (Wildman–Crippen LogP) is 4.64. The van der Waals surface area contributed by atoms with E-state index in [4.69, 9.17) is 11.6 Å². The van der Waals surface area contributed by atoms with E-state index in [0.29, 0.717) is 10.6 Å². The van der Waals surface area contributed by atoms with Crippen LogP contribution in [0.2, 0.25) is 5.02 Å². The first-order valence-electron chi connectivity index (χ1n) is 6.66. The third kappa shape index (κ3) is 3.63. The minimum absolute atomic E-state index is 0.0155. The molecule has 1 atom stereocenters. The molecule has 1 unspecified atom stereocenters. The molecule has 1 aromatic rings. The van der Waals surface area contributed by atoms with Crippen LogP contribution in [-0.4, -0.2) is 11.9 Å². The van der Waals surface area contributed by atoms with E-state index in [9.17, 15) is 4.79 Å². The molecule has 1 saturated carbocycles. The first-order chi connectivity index (χ1) is 8.90. The summed E-state index contributed by atoms with van der Waals surface area (Å²) in [6.07, 6.45) is 4.69. The Morgan fingerprint density at radius 3 is 2.79 bits per heavy atom. The Morgan fingerprint density at radius 1 is 1.42 bits per heavy atom. The van der Waals surface area contributed by atoms with Crippen LogP contribution in [0.25, 0.3) is 0 Å². The van der Waals surface area contributed by atoms with Crippen LogP contribution in [0.5, 0.6) is 0 Å². The number of hydrogen-bond acceptors (Lipinski definition) is 1. The molecule has 0 heterocycles. The summed E-state index contributed by atoms with van der Waals surface area (Å²) >= 11 is 8.23. The minimum atomic E-state index is -0.0155. The fraction of sp³-hybridized carbons (Fsp3) is 0.533. The van der Waals surface area contributed by atoms with Crippen LogP contribution in [0.4, 0.5) is 0 Å². The Balaban J connectivity index is 2.10. The van der Waals surface area contributed by atoms with Crippen molar-refractivity contribution in [2.75, 3.05) is 0 Å². The number of carbonyl (C=O) groups excluding carboxylic acids is 1. The molecule has 1 fully saturated rings. The van der Waals surface area contributed by atoms with E-state index in [1.807, 2.05) is 12.1 Å². The normalized spacial score (nSPS) is 22.0. The molecule has 2 rings (SSSR count). The van der Waals surface area contributed by atoms with Crippen LogP contribution in [0.1, 0.15) is 49.9 Å². The predicted molar refractivity (Wildman–Crippen MR) is 87.7 cm³/mol. The van der Waals surface area contributed by atoms with E-state index < -0.39 is 0 Å². The smallest absolute Gasteiger partial charge is 0.251 e. The van der Waals surface area contributed by atoms with Crippen LogP contribution in [0.15, 0.2) is 18.2 Å². The van der Waals surface area contributed by atoms with Gasteiger partial charge in [0.25, 0.3) is 5.91 Å². The molecule has 1 aromatic carbocycles. The van der Waals surface area contributed by atoms with Gasteiger partial charge < -0.3 is 5.32 Å². The monoisotopic (exact) mass is 391 g/mol. The quantitative estimate of drug-likeness (QED) is 0.731. The summed E-state index contributed by atoms with van der Waals surface area (Å²) in [6, 6.07) is 5.71. The maximum atomic E-state index is 12.3. The highest BCUT2D eigenvalue weighted by Gasteiger charge is 2.33. The average Bonchev–Trinajstić information content (AvgIpc) is 2.35. The van der Waals surface area contributed by atoms with Gasteiger partial charge in [-0.05, 0) is 59.0 Å². The zero-order valence-corrected chi connectivity index (χ0v) is 14.2. The van der Waals surface area contributed by atoms with Crippen molar-refractivity contribution < 1.29 is 4.79 Å². The van der Waals surface area contributed by atoms with Crippen LogP contribution in [0.3, 0.4) is 0 Å². The third-order valence-electron chi connectivity index (χ3n) is 3.99. The van der Waals surface area contributed by atoms with Crippen molar-refractivity contribution in [1.29, 1.82) is 0 Å². The number of benzene rings is 1. The van der Waals surface area contributed by atoms with Gasteiger partial charge in [0.05, 0.1) is 5.02 Å². The fourth-order valence-corrected chi connectivity index (χ4v) is 3.16. The number of nitrogens with one attached hydrogen (secondary N) is 1. The van der Waals surface area contributed by atoms with E-state index in [-0.39, 0.29) is 17.4 Å². The lowest BCUT2D eigenvalue weighted by Gasteiger charge is -2.39. The van der Waals surface area contributed by atoms with Crippen LogP contribution >= 0.6 is 34.2 Å². The summed E-state index contributed by atoms with van der Waals surface area (Å²) < 4.78 is 0.966. The Bertz CT molecular complexity index is 487. The first-order valence-corrected chi connectivity index (χ1v) is 8.12. The number of carbonyl (C=O) groups is 1. The summed E-state index contributed by atoms with van der Waals surface area (Å²) in [7, 11) is 0. The Morgan fingerprint density at radius 2 is 2.16 bits per heavy atom. The van der Waals surface area contributed by atoms with Crippen LogP contribution in [-0.2, 0) is 0 Å². The van der Waals surface area contributed by atoms with Crippen molar-refractivity contribution in [2.45, 2.75) is 45.6 Å². The van der Waals surface area contributed by atoms with Gasteiger partial charge in [0.15, 0.2) is 0 Å². The molecule has 0 radical (unpaired) electrons. The van der Waals surface area contributed by atoms with Crippen molar-refractivity contribution in [3.8, 4) is 0 Å². The van der Waals surface area contributed by atoms with Gasteiger partial charge in [0.2, 0.25) is 0 Å². The molecule has 0 aliphatic heterocycles. The van der Waals surface area contributed by atoms with Gasteiger partial charge >= 0.3 is 0 Å². The van der Waals surface area contributed by atoms with E-state index in [1.54, 1.807) is 6.07 Å². The van der Waals surface area contributed by atoms with Gasteiger partial charge in [-0.25, -0.2) is 0 Å². The van der Waals surface area contributed by atoms with Crippen LogP contribution in [0, 0.1) is 8.99 Å². The molecule has 0 bridgehead atoms. The van der Waals surface area contributed by atoms with Gasteiger partial charge in [0.1, 0.15) is 0 Å². The number of halogens is 2. The molecule has 0 aromatic heterocycles. The van der Waals surface area contributed by atoms with Gasteiger partial charge in [-0.2, -0.15) is 0 Å². The van der Waals surface area contributed by atoms with E-state index >= 15 is 0 Å². The Hall–Kier alpha value is -0.290. The standard InChI is InChI=1S/C15H19ClINO/c1-15(2)8-4-3-5-13(15)18-14(19)10-6-7-12(17)11(16)9-10/h6-7,9,13H,3-5,8H2,1-2H3,(H,18,19). The third-order valence-corrected chi connectivity index (χ3v) is 5.57.